The number of rotatable bonds is 10. The van der Waals surface area contributed by atoms with Crippen LogP contribution in [0.2, 0.25) is 0 Å². The monoisotopic (exact) mass is 455 g/mol. The van der Waals surface area contributed by atoms with E-state index in [0.29, 0.717) is 12.1 Å². The smallest absolute Gasteiger partial charge is 0.191 e. The fourth-order valence-corrected chi connectivity index (χ4v) is 2.52. The molecule has 0 bridgehead atoms. The number of hydrogen-bond donors (Lipinski definition) is 3. The van der Waals surface area contributed by atoms with Gasteiger partial charge in [-0.25, -0.2) is 0 Å². The van der Waals surface area contributed by atoms with Gasteiger partial charge in [0.25, 0.3) is 0 Å². The van der Waals surface area contributed by atoms with Crippen molar-refractivity contribution in [3.63, 3.8) is 0 Å². The van der Waals surface area contributed by atoms with Gasteiger partial charge in [-0.1, -0.05) is 0 Å². The molecule has 0 atom stereocenters. The van der Waals surface area contributed by atoms with Crippen LogP contribution in [-0.4, -0.2) is 61.2 Å². The molecule has 146 valence electrons. The first-order chi connectivity index (χ1) is 10.7. The van der Waals surface area contributed by atoms with Gasteiger partial charge in [0.2, 0.25) is 0 Å². The van der Waals surface area contributed by atoms with Gasteiger partial charge in [0, 0.05) is 50.3 Å². The minimum absolute atomic E-state index is 0. The Morgan fingerprint density at radius 2 is 1.58 bits per heavy atom. The van der Waals surface area contributed by atoms with Crippen LogP contribution in [-0.2, 0) is 0 Å². The lowest BCUT2D eigenvalue weighted by molar-refractivity contribution is 0.174. The molecular weight excluding hydrogens is 413 g/mol. The summed E-state index contributed by atoms with van der Waals surface area (Å²) >= 11 is 0. The zero-order chi connectivity index (χ0) is 17.9. The second kappa shape index (κ2) is 14.1. The Labute approximate surface area is 167 Å². The van der Waals surface area contributed by atoms with Crippen molar-refractivity contribution in [1.82, 2.24) is 20.9 Å². The Morgan fingerprint density at radius 3 is 2.04 bits per heavy atom. The van der Waals surface area contributed by atoms with Crippen molar-refractivity contribution in [3.8, 4) is 0 Å². The Bertz CT molecular complexity index is 316. The van der Waals surface area contributed by atoms with Crippen LogP contribution in [0, 0.1) is 0 Å². The molecule has 0 aliphatic carbocycles. The molecule has 0 spiro atoms. The normalized spacial score (nSPS) is 12.7. The molecule has 0 heterocycles. The SMILES string of the molecule is CCNC(=NCCCN(C(C)C)C(C)C)NCCNC(C)(C)C.I. The fraction of sp³-hybridized carbons (Fsp3) is 0.944. The number of guanidine groups is 1. The lowest BCUT2D eigenvalue weighted by Crippen LogP contribution is -2.44. The summed E-state index contributed by atoms with van der Waals surface area (Å²) in [6, 6.07) is 1.18. The lowest BCUT2D eigenvalue weighted by Gasteiger charge is -2.30. The van der Waals surface area contributed by atoms with Crippen LogP contribution in [0.4, 0.5) is 0 Å². The maximum atomic E-state index is 4.68. The average molecular weight is 455 g/mol. The van der Waals surface area contributed by atoms with E-state index in [-0.39, 0.29) is 29.5 Å². The van der Waals surface area contributed by atoms with Crippen molar-refractivity contribution in [2.24, 2.45) is 4.99 Å². The van der Waals surface area contributed by atoms with Crippen LogP contribution in [0.15, 0.2) is 4.99 Å². The quantitative estimate of drug-likeness (QED) is 0.205. The van der Waals surface area contributed by atoms with E-state index in [1.165, 1.54) is 0 Å². The van der Waals surface area contributed by atoms with Gasteiger partial charge in [0.1, 0.15) is 0 Å². The average Bonchev–Trinajstić information content (AvgIpc) is 2.41. The third-order valence-corrected chi connectivity index (χ3v) is 3.59. The predicted octanol–water partition coefficient (Wildman–Crippen LogP) is 3.06. The number of aliphatic imine (C=N–C) groups is 1. The molecule has 0 fully saturated rings. The molecule has 0 rings (SSSR count). The van der Waals surface area contributed by atoms with E-state index < -0.39 is 0 Å². The van der Waals surface area contributed by atoms with Crippen LogP contribution >= 0.6 is 24.0 Å². The molecule has 0 saturated carbocycles. The van der Waals surface area contributed by atoms with Gasteiger partial charge in [-0.2, -0.15) is 0 Å². The summed E-state index contributed by atoms with van der Waals surface area (Å²) in [5.74, 6) is 0.920. The molecule has 24 heavy (non-hydrogen) atoms. The van der Waals surface area contributed by atoms with Crippen molar-refractivity contribution in [3.05, 3.63) is 0 Å². The highest BCUT2D eigenvalue weighted by molar-refractivity contribution is 14.0. The molecule has 0 aromatic carbocycles. The van der Waals surface area contributed by atoms with E-state index >= 15 is 0 Å². The van der Waals surface area contributed by atoms with Crippen LogP contribution in [0.3, 0.4) is 0 Å². The standard InChI is InChI=1S/C18H41N5.HI/c1-9-19-17(21-12-13-22-18(6,7)8)20-11-10-14-23(15(2)3)16(4)5;/h15-16,22H,9-14H2,1-8H3,(H2,19,20,21);1H. The molecule has 0 aliphatic heterocycles. The maximum absolute atomic E-state index is 4.68. The van der Waals surface area contributed by atoms with Crippen molar-refractivity contribution < 1.29 is 0 Å². The Morgan fingerprint density at radius 1 is 1.00 bits per heavy atom. The van der Waals surface area contributed by atoms with Crippen molar-refractivity contribution in [2.75, 3.05) is 32.7 Å². The summed E-state index contributed by atoms with van der Waals surface area (Å²) < 4.78 is 0. The van der Waals surface area contributed by atoms with Gasteiger partial charge < -0.3 is 16.0 Å². The molecule has 0 saturated heterocycles. The minimum atomic E-state index is 0. The Kier molecular flexibility index (Phi) is 15.4. The van der Waals surface area contributed by atoms with E-state index in [1.807, 2.05) is 0 Å². The summed E-state index contributed by atoms with van der Waals surface area (Å²) in [5, 5.41) is 10.2. The number of nitrogens with zero attached hydrogens (tertiary/aromatic N) is 2. The van der Waals surface area contributed by atoms with Crippen LogP contribution in [0.25, 0.3) is 0 Å². The van der Waals surface area contributed by atoms with Crippen LogP contribution < -0.4 is 16.0 Å². The van der Waals surface area contributed by atoms with Crippen molar-refractivity contribution >= 4 is 29.9 Å². The van der Waals surface area contributed by atoms with E-state index in [0.717, 1.165) is 45.1 Å². The zero-order valence-electron chi connectivity index (χ0n) is 17.2. The maximum Gasteiger partial charge on any atom is 0.191 e. The van der Waals surface area contributed by atoms with E-state index in [1.54, 1.807) is 0 Å². The van der Waals surface area contributed by atoms with E-state index in [2.05, 4.69) is 81.2 Å². The van der Waals surface area contributed by atoms with Gasteiger partial charge in [0.05, 0.1) is 0 Å². The minimum Gasteiger partial charge on any atom is -0.357 e. The molecule has 0 amide bonds. The molecular formula is C18H42IN5. The Hall–Kier alpha value is -0.0800. The predicted molar refractivity (Wildman–Crippen MR) is 119 cm³/mol. The molecule has 5 nitrogen and oxygen atoms in total. The van der Waals surface area contributed by atoms with Gasteiger partial charge >= 0.3 is 0 Å². The van der Waals surface area contributed by atoms with Gasteiger partial charge in [-0.3, -0.25) is 9.89 Å². The number of hydrogen-bond acceptors (Lipinski definition) is 3. The van der Waals surface area contributed by atoms with Crippen LogP contribution in [0.1, 0.15) is 61.8 Å². The first-order valence-electron chi connectivity index (χ1n) is 9.20. The number of halogens is 1. The third-order valence-electron chi connectivity index (χ3n) is 3.59. The van der Waals surface area contributed by atoms with Crippen LogP contribution in [0.5, 0.6) is 0 Å². The highest BCUT2D eigenvalue weighted by Gasteiger charge is 2.12. The summed E-state index contributed by atoms with van der Waals surface area (Å²) in [4.78, 5) is 7.20. The highest BCUT2D eigenvalue weighted by atomic mass is 127. The highest BCUT2D eigenvalue weighted by Crippen LogP contribution is 2.05. The first-order valence-corrected chi connectivity index (χ1v) is 9.20. The fourth-order valence-electron chi connectivity index (χ4n) is 2.52. The second-order valence-corrected chi connectivity index (χ2v) is 7.64. The molecule has 0 aromatic rings. The summed E-state index contributed by atoms with van der Waals surface area (Å²) in [6.45, 7) is 22.4. The molecule has 0 aliphatic rings. The molecule has 0 aromatic heterocycles. The third kappa shape index (κ3) is 14.3. The number of nitrogens with one attached hydrogen (secondary N) is 3. The summed E-state index contributed by atoms with van der Waals surface area (Å²) in [6.07, 6.45) is 1.09. The Balaban J connectivity index is 0. The summed E-state index contributed by atoms with van der Waals surface area (Å²) in [7, 11) is 0. The van der Waals surface area contributed by atoms with Crippen molar-refractivity contribution in [1.29, 1.82) is 0 Å². The molecule has 0 radical (unpaired) electrons. The summed E-state index contributed by atoms with van der Waals surface area (Å²) in [5.41, 5.74) is 0.161. The van der Waals surface area contributed by atoms with E-state index in [9.17, 15) is 0 Å². The van der Waals surface area contributed by atoms with Gasteiger partial charge in [-0.15, -0.1) is 24.0 Å². The first kappa shape index (κ1) is 26.2. The second-order valence-electron chi connectivity index (χ2n) is 7.64. The topological polar surface area (TPSA) is 51.7 Å². The largest absolute Gasteiger partial charge is 0.357 e. The van der Waals surface area contributed by atoms with Gasteiger partial charge in [-0.05, 0) is 61.8 Å². The molecule has 0 unspecified atom stereocenters. The zero-order valence-corrected chi connectivity index (χ0v) is 19.5. The lowest BCUT2D eigenvalue weighted by atomic mass is 10.1. The van der Waals surface area contributed by atoms with E-state index in [4.69, 9.17) is 0 Å². The van der Waals surface area contributed by atoms with Gasteiger partial charge in [0.15, 0.2) is 5.96 Å². The molecule has 6 heteroatoms. The van der Waals surface area contributed by atoms with Crippen molar-refractivity contribution in [2.45, 2.75) is 79.4 Å². The molecule has 3 N–H and O–H groups in total.